The van der Waals surface area contributed by atoms with Gasteiger partial charge in [0.25, 0.3) is 0 Å². The van der Waals surface area contributed by atoms with Crippen LogP contribution in [0.15, 0.2) is 30.3 Å². The Morgan fingerprint density at radius 3 is 2.68 bits per heavy atom. The molecule has 5 N–H and O–H groups in total. The van der Waals surface area contributed by atoms with Crippen LogP contribution in [0.1, 0.15) is 63.1 Å². The lowest BCUT2D eigenvalue weighted by Gasteiger charge is -2.22. The molecule has 1 amide bonds. The third-order valence-corrected chi connectivity index (χ3v) is 5.03. The number of aliphatic hydroxyl groups is 1. The summed E-state index contributed by atoms with van der Waals surface area (Å²) < 4.78 is 5.82. The van der Waals surface area contributed by atoms with Crippen LogP contribution >= 0.6 is 0 Å². The van der Waals surface area contributed by atoms with Crippen molar-refractivity contribution in [1.29, 1.82) is 0 Å². The predicted octanol–water partition coefficient (Wildman–Crippen LogP) is 2.01. The molecule has 1 aliphatic carbocycles. The van der Waals surface area contributed by atoms with Crippen LogP contribution < -0.4 is 16.2 Å². The molecule has 0 saturated heterocycles. The number of nitrogens with two attached hydrogens (primary N) is 2. The minimum atomic E-state index is -1.81. The van der Waals surface area contributed by atoms with E-state index in [9.17, 15) is 14.7 Å². The molecule has 25 heavy (non-hydrogen) atoms. The molecule has 2 unspecified atom stereocenters. The lowest BCUT2D eigenvalue weighted by molar-refractivity contribution is -0.134. The van der Waals surface area contributed by atoms with E-state index >= 15 is 0 Å². The molecule has 128 valence electrons. The van der Waals surface area contributed by atoms with Gasteiger partial charge in [0.2, 0.25) is 11.7 Å². The molecule has 0 radical (unpaired) electrons. The molecule has 1 heterocycles. The van der Waals surface area contributed by atoms with Crippen molar-refractivity contribution in [3.05, 3.63) is 58.1 Å². The summed E-state index contributed by atoms with van der Waals surface area (Å²) in [6.07, 6.45) is 0. The SMILES string of the molecule is CC(C)c1cc2c(cc1C(N)=O)C1C(=O)c3c(N)cccc3C1(O)O2. The molecule has 6 nitrogen and oxygen atoms in total. The van der Waals surface area contributed by atoms with Gasteiger partial charge in [0.05, 0.1) is 5.56 Å². The molecule has 0 bridgehead atoms. The van der Waals surface area contributed by atoms with Crippen LogP contribution in [0.2, 0.25) is 0 Å². The molecule has 0 aromatic heterocycles. The quantitative estimate of drug-likeness (QED) is 0.724. The molecule has 0 saturated carbocycles. The lowest BCUT2D eigenvalue weighted by Crippen LogP contribution is -2.32. The highest BCUT2D eigenvalue weighted by molar-refractivity contribution is 6.11. The zero-order valence-corrected chi connectivity index (χ0v) is 13.9. The minimum absolute atomic E-state index is 0.0325. The summed E-state index contributed by atoms with van der Waals surface area (Å²) >= 11 is 0. The van der Waals surface area contributed by atoms with Gasteiger partial charge in [-0.15, -0.1) is 0 Å². The normalized spacial score (nSPS) is 23.2. The Labute approximate surface area is 144 Å². The highest BCUT2D eigenvalue weighted by atomic mass is 16.6. The molecule has 1 aliphatic heterocycles. The third kappa shape index (κ3) is 1.88. The fourth-order valence-electron chi connectivity index (χ4n) is 3.87. The number of benzene rings is 2. The van der Waals surface area contributed by atoms with E-state index in [-0.39, 0.29) is 17.3 Å². The second kappa shape index (κ2) is 4.83. The molecular weight excluding hydrogens is 320 g/mol. The van der Waals surface area contributed by atoms with E-state index in [0.717, 1.165) is 5.56 Å². The van der Waals surface area contributed by atoms with Gasteiger partial charge < -0.3 is 21.3 Å². The molecule has 2 aromatic carbocycles. The molecule has 0 fully saturated rings. The second-order valence-electron chi connectivity index (χ2n) is 6.86. The van der Waals surface area contributed by atoms with Crippen molar-refractivity contribution in [2.45, 2.75) is 31.5 Å². The van der Waals surface area contributed by atoms with Crippen molar-refractivity contribution < 1.29 is 19.4 Å². The Hall–Kier alpha value is -2.86. The molecule has 2 atom stereocenters. The Kier molecular flexibility index (Phi) is 3.02. The van der Waals surface area contributed by atoms with Crippen LogP contribution in [-0.2, 0) is 5.79 Å². The number of carbonyl (C=O) groups excluding carboxylic acids is 2. The Bertz CT molecular complexity index is 951. The number of ether oxygens (including phenoxy) is 1. The molecule has 0 spiro atoms. The van der Waals surface area contributed by atoms with E-state index < -0.39 is 17.6 Å². The number of Topliss-reactive ketones (excluding diaryl/α,β-unsaturated/α-hetero) is 1. The van der Waals surface area contributed by atoms with Gasteiger partial charge >= 0.3 is 0 Å². The first kappa shape index (κ1) is 15.7. The standard InChI is InChI=1S/C19H18N2O4/c1-8(2)9-7-14-11(6-10(9)18(21)23)16-17(22)15-12(19(16,24)25-14)4-3-5-13(15)20/h3-8,16,24H,20H2,1-2H3,(H2,21,23). The molecule has 2 aromatic rings. The van der Waals surface area contributed by atoms with Crippen molar-refractivity contribution in [3.63, 3.8) is 0 Å². The van der Waals surface area contributed by atoms with Gasteiger partial charge in [0, 0.05) is 22.4 Å². The maximum atomic E-state index is 12.9. The smallest absolute Gasteiger partial charge is 0.250 e. The van der Waals surface area contributed by atoms with Crippen LogP contribution in [-0.4, -0.2) is 16.8 Å². The minimum Gasteiger partial charge on any atom is -0.457 e. The van der Waals surface area contributed by atoms with E-state index in [0.29, 0.717) is 28.1 Å². The zero-order valence-electron chi connectivity index (χ0n) is 13.9. The van der Waals surface area contributed by atoms with Crippen molar-refractivity contribution in [1.82, 2.24) is 0 Å². The van der Waals surface area contributed by atoms with Crippen molar-refractivity contribution in [3.8, 4) is 5.75 Å². The number of hydrogen-bond acceptors (Lipinski definition) is 5. The fourth-order valence-corrected chi connectivity index (χ4v) is 3.87. The van der Waals surface area contributed by atoms with Crippen molar-refractivity contribution >= 4 is 17.4 Å². The number of rotatable bonds is 2. The van der Waals surface area contributed by atoms with Gasteiger partial charge in [-0.3, -0.25) is 9.59 Å². The average molecular weight is 338 g/mol. The summed E-state index contributed by atoms with van der Waals surface area (Å²) in [6, 6.07) is 8.17. The maximum absolute atomic E-state index is 12.9. The largest absolute Gasteiger partial charge is 0.457 e. The summed E-state index contributed by atoms with van der Waals surface area (Å²) in [5, 5.41) is 11.1. The predicted molar refractivity (Wildman–Crippen MR) is 91.5 cm³/mol. The van der Waals surface area contributed by atoms with Crippen LogP contribution in [0.3, 0.4) is 0 Å². The van der Waals surface area contributed by atoms with E-state index in [1.165, 1.54) is 0 Å². The summed E-state index contributed by atoms with van der Waals surface area (Å²) in [5.41, 5.74) is 13.9. The zero-order chi connectivity index (χ0) is 18.1. The highest BCUT2D eigenvalue weighted by Crippen LogP contribution is 2.57. The van der Waals surface area contributed by atoms with Crippen molar-refractivity contribution in [2.75, 3.05) is 5.73 Å². The summed E-state index contributed by atoms with van der Waals surface area (Å²) in [5.74, 6) is -3.24. The van der Waals surface area contributed by atoms with Gasteiger partial charge in [-0.25, -0.2) is 0 Å². The van der Waals surface area contributed by atoms with E-state index in [1.54, 1.807) is 30.3 Å². The van der Waals surface area contributed by atoms with Gasteiger partial charge in [0.1, 0.15) is 11.7 Å². The van der Waals surface area contributed by atoms with Crippen LogP contribution in [0.4, 0.5) is 5.69 Å². The van der Waals surface area contributed by atoms with Crippen molar-refractivity contribution in [2.24, 2.45) is 5.73 Å². The maximum Gasteiger partial charge on any atom is 0.250 e. The number of fused-ring (bicyclic) bond motifs is 5. The first-order chi connectivity index (χ1) is 11.8. The van der Waals surface area contributed by atoms with E-state index in [2.05, 4.69) is 0 Å². The molecule has 4 rings (SSSR count). The Morgan fingerprint density at radius 2 is 2.04 bits per heavy atom. The fraction of sp³-hybridized carbons (Fsp3) is 0.263. The Morgan fingerprint density at radius 1 is 1.32 bits per heavy atom. The number of ketones is 1. The number of hydrogen-bond donors (Lipinski definition) is 3. The topological polar surface area (TPSA) is 116 Å². The van der Waals surface area contributed by atoms with Crippen LogP contribution in [0.25, 0.3) is 0 Å². The van der Waals surface area contributed by atoms with Gasteiger partial charge in [-0.2, -0.15) is 0 Å². The summed E-state index contributed by atoms with van der Waals surface area (Å²) in [7, 11) is 0. The lowest BCUT2D eigenvalue weighted by atomic mass is 9.88. The number of amides is 1. The van der Waals surface area contributed by atoms with Crippen LogP contribution in [0.5, 0.6) is 5.75 Å². The Balaban J connectivity index is 1.96. The molecule has 6 heteroatoms. The monoisotopic (exact) mass is 338 g/mol. The third-order valence-electron chi connectivity index (χ3n) is 5.03. The number of carbonyl (C=O) groups is 2. The molecule has 2 aliphatic rings. The highest BCUT2D eigenvalue weighted by Gasteiger charge is 2.59. The number of nitrogen functional groups attached to an aromatic ring is 1. The second-order valence-corrected chi connectivity index (χ2v) is 6.86. The van der Waals surface area contributed by atoms with Gasteiger partial charge in [0.15, 0.2) is 5.78 Å². The first-order valence-corrected chi connectivity index (χ1v) is 8.08. The van der Waals surface area contributed by atoms with E-state index in [4.69, 9.17) is 16.2 Å². The summed E-state index contributed by atoms with van der Waals surface area (Å²) in [6.45, 7) is 3.86. The van der Waals surface area contributed by atoms with Gasteiger partial charge in [-0.1, -0.05) is 26.0 Å². The first-order valence-electron chi connectivity index (χ1n) is 8.08. The average Bonchev–Trinajstić information content (AvgIpc) is 2.95. The summed E-state index contributed by atoms with van der Waals surface area (Å²) in [4.78, 5) is 24.8. The van der Waals surface area contributed by atoms with Gasteiger partial charge in [-0.05, 0) is 29.7 Å². The molecular formula is C19H18N2O4. The number of anilines is 1. The number of primary amides is 1. The van der Waals surface area contributed by atoms with E-state index in [1.807, 2.05) is 13.8 Å². The van der Waals surface area contributed by atoms with Crippen LogP contribution in [0, 0.1) is 0 Å².